The molecule has 1 aromatic rings. The molecule has 0 aliphatic rings. The number of likely N-dealkylation sites (N-methyl/N-ethyl adjacent to an activating group) is 2. The van der Waals surface area contributed by atoms with Crippen LogP contribution in [0.2, 0.25) is 0 Å². The molecule has 0 aliphatic carbocycles. The molecule has 1 amide bonds. The highest BCUT2D eigenvalue weighted by Gasteiger charge is 2.30. The Hall–Kier alpha value is -1.86. The average molecular weight is 273 g/mol. The zero-order valence-electron chi connectivity index (χ0n) is 12.7. The number of carbonyl (C=O) groups is 1. The summed E-state index contributed by atoms with van der Waals surface area (Å²) in [6, 6.07) is 9.58. The Morgan fingerprint density at radius 3 is 2.55 bits per heavy atom. The molecule has 20 heavy (non-hydrogen) atoms. The van der Waals surface area contributed by atoms with Gasteiger partial charge in [-0.1, -0.05) is 25.1 Å². The Balaban J connectivity index is 2.93. The third kappa shape index (κ3) is 3.82. The molecule has 1 N–H and O–H groups in total. The summed E-state index contributed by atoms with van der Waals surface area (Å²) in [5.41, 5.74) is 0.921. The molecular weight excluding hydrogens is 250 g/mol. The largest absolute Gasteiger partial charge is 0.337 e. The Kier molecular flexibility index (Phi) is 5.72. The number of carbonyl (C=O) groups excluding carboxylic acids is 1. The number of nitrogens with one attached hydrogen (secondary N) is 1. The SMILES string of the molecule is CCNC(C)(C)C(=O)N(CC)Cc1ccccc1C#N. The summed E-state index contributed by atoms with van der Waals surface area (Å²) in [6.07, 6.45) is 0. The molecule has 0 aliphatic heterocycles. The monoisotopic (exact) mass is 273 g/mol. The predicted octanol–water partition coefficient (Wildman–Crippen LogP) is 2.29. The molecule has 0 radical (unpaired) electrons. The zero-order chi connectivity index (χ0) is 15.2. The van der Waals surface area contributed by atoms with Gasteiger partial charge in [0, 0.05) is 13.1 Å². The van der Waals surface area contributed by atoms with Crippen molar-refractivity contribution in [3.8, 4) is 6.07 Å². The second kappa shape index (κ2) is 7.06. The summed E-state index contributed by atoms with van der Waals surface area (Å²) in [7, 11) is 0. The first-order valence-electron chi connectivity index (χ1n) is 6.98. The summed E-state index contributed by atoms with van der Waals surface area (Å²) in [6.45, 7) is 9.53. The van der Waals surface area contributed by atoms with Gasteiger partial charge in [0.2, 0.25) is 5.91 Å². The number of nitrogens with zero attached hydrogens (tertiary/aromatic N) is 2. The fraction of sp³-hybridized carbons (Fsp3) is 0.500. The van der Waals surface area contributed by atoms with Gasteiger partial charge in [-0.2, -0.15) is 5.26 Å². The molecular formula is C16H23N3O. The lowest BCUT2D eigenvalue weighted by atomic mass is 10.0. The van der Waals surface area contributed by atoms with E-state index in [1.54, 1.807) is 11.0 Å². The summed E-state index contributed by atoms with van der Waals surface area (Å²) >= 11 is 0. The smallest absolute Gasteiger partial charge is 0.242 e. The van der Waals surface area contributed by atoms with E-state index in [4.69, 9.17) is 5.26 Å². The molecule has 1 aromatic carbocycles. The molecule has 1 rings (SSSR count). The van der Waals surface area contributed by atoms with Crippen LogP contribution < -0.4 is 5.32 Å². The van der Waals surface area contributed by atoms with Gasteiger partial charge in [-0.05, 0) is 38.9 Å². The number of amides is 1. The van der Waals surface area contributed by atoms with Crippen LogP contribution in [0.3, 0.4) is 0 Å². The molecule has 108 valence electrons. The molecule has 4 nitrogen and oxygen atoms in total. The molecule has 0 atom stereocenters. The van der Waals surface area contributed by atoms with Gasteiger partial charge in [0.15, 0.2) is 0 Å². The van der Waals surface area contributed by atoms with E-state index in [9.17, 15) is 4.79 Å². The average Bonchev–Trinajstić information content (AvgIpc) is 2.44. The van der Waals surface area contributed by atoms with Crippen molar-refractivity contribution in [3.63, 3.8) is 0 Å². The maximum Gasteiger partial charge on any atom is 0.242 e. The number of hydrogen-bond acceptors (Lipinski definition) is 3. The van der Waals surface area contributed by atoms with Crippen molar-refractivity contribution in [3.05, 3.63) is 35.4 Å². The van der Waals surface area contributed by atoms with Gasteiger partial charge in [0.05, 0.1) is 17.2 Å². The van der Waals surface area contributed by atoms with E-state index in [-0.39, 0.29) is 5.91 Å². The van der Waals surface area contributed by atoms with E-state index >= 15 is 0 Å². The second-order valence-corrected chi connectivity index (χ2v) is 5.24. The molecule has 4 heteroatoms. The number of rotatable bonds is 6. The standard InChI is InChI=1S/C16H23N3O/c1-5-18-16(3,4)15(20)19(6-2)12-14-10-8-7-9-13(14)11-17/h7-10,18H,5-6,12H2,1-4H3. The number of nitriles is 1. The van der Waals surface area contributed by atoms with Gasteiger partial charge in [0.1, 0.15) is 0 Å². The predicted molar refractivity (Wildman–Crippen MR) is 80.0 cm³/mol. The van der Waals surface area contributed by atoms with Crippen LogP contribution in [0, 0.1) is 11.3 Å². The number of benzene rings is 1. The fourth-order valence-corrected chi connectivity index (χ4v) is 2.21. The van der Waals surface area contributed by atoms with Crippen LogP contribution in [0.1, 0.15) is 38.8 Å². The van der Waals surface area contributed by atoms with Crippen molar-refractivity contribution < 1.29 is 4.79 Å². The van der Waals surface area contributed by atoms with Crippen LogP contribution in [-0.2, 0) is 11.3 Å². The minimum Gasteiger partial charge on any atom is -0.337 e. The first-order valence-corrected chi connectivity index (χ1v) is 6.98. The van der Waals surface area contributed by atoms with Crippen molar-refractivity contribution in [2.75, 3.05) is 13.1 Å². The van der Waals surface area contributed by atoms with Crippen molar-refractivity contribution in [2.45, 2.75) is 39.8 Å². The quantitative estimate of drug-likeness (QED) is 0.865. The topological polar surface area (TPSA) is 56.1 Å². The van der Waals surface area contributed by atoms with Crippen LogP contribution >= 0.6 is 0 Å². The van der Waals surface area contributed by atoms with Crippen molar-refractivity contribution in [1.29, 1.82) is 5.26 Å². The Morgan fingerprint density at radius 2 is 2.00 bits per heavy atom. The summed E-state index contributed by atoms with van der Waals surface area (Å²) < 4.78 is 0. The lowest BCUT2D eigenvalue weighted by Crippen LogP contribution is -2.53. The molecule has 0 bridgehead atoms. The van der Waals surface area contributed by atoms with Crippen molar-refractivity contribution >= 4 is 5.91 Å². The maximum absolute atomic E-state index is 12.6. The molecule has 0 spiro atoms. The molecule has 0 fully saturated rings. The first kappa shape index (κ1) is 16.2. The molecule has 0 unspecified atom stereocenters. The van der Waals surface area contributed by atoms with Crippen molar-refractivity contribution in [1.82, 2.24) is 10.2 Å². The summed E-state index contributed by atoms with van der Waals surface area (Å²) in [5.74, 6) is 0.0505. The Morgan fingerprint density at radius 1 is 1.35 bits per heavy atom. The normalized spacial score (nSPS) is 10.9. The van der Waals surface area contributed by atoms with Gasteiger partial charge in [-0.15, -0.1) is 0 Å². The van der Waals surface area contributed by atoms with Gasteiger partial charge in [-0.25, -0.2) is 0 Å². The lowest BCUT2D eigenvalue weighted by Gasteiger charge is -2.32. The van der Waals surface area contributed by atoms with Gasteiger partial charge in [0.25, 0.3) is 0 Å². The number of hydrogen-bond donors (Lipinski definition) is 1. The zero-order valence-corrected chi connectivity index (χ0v) is 12.7. The minimum atomic E-state index is -0.591. The van der Waals surface area contributed by atoms with E-state index in [0.29, 0.717) is 18.7 Å². The molecule has 0 aromatic heterocycles. The van der Waals surface area contributed by atoms with E-state index in [2.05, 4.69) is 11.4 Å². The van der Waals surface area contributed by atoms with Gasteiger partial charge in [-0.3, -0.25) is 4.79 Å². The third-order valence-electron chi connectivity index (χ3n) is 3.32. The van der Waals surface area contributed by atoms with Gasteiger partial charge < -0.3 is 10.2 Å². The molecule has 0 saturated carbocycles. The molecule has 0 heterocycles. The third-order valence-corrected chi connectivity index (χ3v) is 3.32. The maximum atomic E-state index is 12.6. The van der Waals surface area contributed by atoms with Crippen molar-refractivity contribution in [2.24, 2.45) is 0 Å². The van der Waals surface area contributed by atoms with Crippen LogP contribution in [0.25, 0.3) is 0 Å². The highest BCUT2D eigenvalue weighted by molar-refractivity contribution is 5.85. The highest BCUT2D eigenvalue weighted by atomic mass is 16.2. The summed E-state index contributed by atoms with van der Waals surface area (Å²) in [4.78, 5) is 14.3. The highest BCUT2D eigenvalue weighted by Crippen LogP contribution is 2.14. The van der Waals surface area contributed by atoms with Crippen LogP contribution in [0.4, 0.5) is 0 Å². The van der Waals surface area contributed by atoms with E-state index in [0.717, 1.165) is 12.1 Å². The van der Waals surface area contributed by atoms with Gasteiger partial charge >= 0.3 is 0 Å². The first-order chi connectivity index (χ1) is 9.46. The fourth-order valence-electron chi connectivity index (χ4n) is 2.21. The van der Waals surface area contributed by atoms with Crippen LogP contribution in [-0.4, -0.2) is 29.4 Å². The summed E-state index contributed by atoms with van der Waals surface area (Å²) in [5, 5.41) is 12.3. The van der Waals surface area contributed by atoms with Crippen LogP contribution in [0.5, 0.6) is 0 Å². The molecule has 0 saturated heterocycles. The van der Waals surface area contributed by atoms with E-state index < -0.39 is 5.54 Å². The Bertz CT molecular complexity index is 503. The Labute approximate surface area is 121 Å². The van der Waals surface area contributed by atoms with Crippen LogP contribution in [0.15, 0.2) is 24.3 Å². The minimum absolute atomic E-state index is 0.0505. The van der Waals surface area contributed by atoms with E-state index in [1.165, 1.54) is 0 Å². The second-order valence-electron chi connectivity index (χ2n) is 5.24. The van der Waals surface area contributed by atoms with E-state index in [1.807, 2.05) is 45.9 Å². The lowest BCUT2D eigenvalue weighted by molar-refractivity contribution is -0.137.